The molecule has 1 aromatic rings. The van der Waals surface area contributed by atoms with Crippen LogP contribution >= 0.6 is 0 Å². The number of hydrogen-bond acceptors (Lipinski definition) is 3. The van der Waals surface area contributed by atoms with Gasteiger partial charge >= 0.3 is 6.03 Å². The number of benzene rings is 1. The molecule has 0 aliphatic carbocycles. The van der Waals surface area contributed by atoms with Gasteiger partial charge in [-0.2, -0.15) is 0 Å². The third kappa shape index (κ3) is 3.64. The molecule has 0 spiro atoms. The fourth-order valence-corrected chi connectivity index (χ4v) is 2.33. The molecule has 0 saturated carbocycles. The first-order valence-electron chi connectivity index (χ1n) is 6.70. The van der Waals surface area contributed by atoms with Crippen LogP contribution in [0.25, 0.3) is 0 Å². The van der Waals surface area contributed by atoms with Crippen LogP contribution in [0.2, 0.25) is 0 Å². The first-order chi connectivity index (χ1) is 10.2. The molecule has 0 aromatic heterocycles. The van der Waals surface area contributed by atoms with E-state index in [1.165, 1.54) is 23.1 Å². The van der Waals surface area contributed by atoms with Crippen LogP contribution in [0, 0.1) is 18.2 Å². The quantitative estimate of drug-likeness (QED) is 0.832. The van der Waals surface area contributed by atoms with E-state index in [0.29, 0.717) is 12.3 Å². The van der Waals surface area contributed by atoms with Gasteiger partial charge in [-0.05, 0) is 25.0 Å². The van der Waals surface area contributed by atoms with E-state index in [9.17, 15) is 14.3 Å². The number of urea groups is 1. The molecule has 0 bridgehead atoms. The van der Waals surface area contributed by atoms with Crippen molar-refractivity contribution in [2.75, 3.05) is 25.1 Å². The van der Waals surface area contributed by atoms with Gasteiger partial charge in [0.2, 0.25) is 0 Å². The van der Waals surface area contributed by atoms with Crippen molar-refractivity contribution in [3.05, 3.63) is 24.0 Å². The highest BCUT2D eigenvalue weighted by molar-refractivity contribution is 5.91. The van der Waals surface area contributed by atoms with Crippen LogP contribution in [0.5, 0.6) is 5.75 Å². The van der Waals surface area contributed by atoms with Crippen molar-refractivity contribution < 1.29 is 19.0 Å². The second kappa shape index (κ2) is 6.95. The summed E-state index contributed by atoms with van der Waals surface area (Å²) in [6.45, 7) is 0.501. The molecule has 5 nitrogen and oxygen atoms in total. The molecule has 2 N–H and O–H groups in total. The van der Waals surface area contributed by atoms with Crippen LogP contribution in [0.15, 0.2) is 18.2 Å². The molecule has 112 valence electrons. The van der Waals surface area contributed by atoms with Crippen molar-refractivity contribution in [1.29, 1.82) is 0 Å². The molecule has 2 amide bonds. The Labute approximate surface area is 122 Å². The first-order valence-corrected chi connectivity index (χ1v) is 6.70. The minimum Gasteiger partial charge on any atom is -0.479 e. The lowest BCUT2D eigenvalue weighted by atomic mass is 10.2. The van der Waals surface area contributed by atoms with Crippen LogP contribution in [0.1, 0.15) is 12.8 Å². The lowest BCUT2D eigenvalue weighted by Crippen LogP contribution is -2.40. The summed E-state index contributed by atoms with van der Waals surface area (Å²) in [4.78, 5) is 13.7. The molecule has 1 aliphatic rings. The number of ether oxygens (including phenoxy) is 1. The van der Waals surface area contributed by atoms with Crippen molar-refractivity contribution >= 4 is 11.7 Å². The van der Waals surface area contributed by atoms with Gasteiger partial charge < -0.3 is 20.1 Å². The van der Waals surface area contributed by atoms with Gasteiger partial charge in [-0.25, -0.2) is 9.18 Å². The van der Waals surface area contributed by atoms with Gasteiger partial charge in [0, 0.05) is 12.6 Å². The topological polar surface area (TPSA) is 61.8 Å². The van der Waals surface area contributed by atoms with E-state index in [-0.39, 0.29) is 31.0 Å². The SMILES string of the molecule is C#CCOc1ccc(F)cc1NC(=O)N1CCC[C@H]1CO. The summed E-state index contributed by atoms with van der Waals surface area (Å²) < 4.78 is 18.6. The molecule has 6 heteroatoms. The predicted octanol–water partition coefficient (Wildman–Crippen LogP) is 1.83. The molecule has 0 unspecified atom stereocenters. The number of aliphatic hydroxyl groups is 1. The number of terminal acetylenes is 1. The minimum atomic E-state index is -0.488. The molecule has 1 heterocycles. The fourth-order valence-electron chi connectivity index (χ4n) is 2.33. The normalized spacial score (nSPS) is 17.4. The number of nitrogens with one attached hydrogen (secondary N) is 1. The maximum Gasteiger partial charge on any atom is 0.322 e. The standard InChI is InChI=1S/C15H17FN2O3/c1-2-8-21-14-6-5-11(16)9-13(14)17-15(20)18-7-3-4-12(18)10-19/h1,5-6,9,12,19H,3-4,7-8,10H2,(H,17,20)/t12-/m0/s1. The molecule has 0 radical (unpaired) electrons. The minimum absolute atomic E-state index is 0.0253. The molecule has 1 saturated heterocycles. The number of likely N-dealkylation sites (tertiary alicyclic amines) is 1. The highest BCUT2D eigenvalue weighted by Crippen LogP contribution is 2.27. The highest BCUT2D eigenvalue weighted by Gasteiger charge is 2.28. The number of anilines is 1. The molecule has 1 atom stereocenters. The summed E-state index contributed by atoms with van der Waals surface area (Å²) >= 11 is 0. The Morgan fingerprint density at radius 2 is 2.43 bits per heavy atom. The molecule has 21 heavy (non-hydrogen) atoms. The number of carbonyl (C=O) groups is 1. The van der Waals surface area contributed by atoms with Crippen molar-refractivity contribution in [3.8, 4) is 18.1 Å². The Morgan fingerprint density at radius 1 is 1.62 bits per heavy atom. The Bertz CT molecular complexity index is 556. The zero-order valence-corrected chi connectivity index (χ0v) is 11.5. The monoisotopic (exact) mass is 292 g/mol. The van der Waals surface area contributed by atoms with E-state index in [4.69, 9.17) is 11.2 Å². The third-order valence-electron chi connectivity index (χ3n) is 3.34. The van der Waals surface area contributed by atoms with E-state index >= 15 is 0 Å². The van der Waals surface area contributed by atoms with E-state index in [1.807, 2.05) is 0 Å². The number of rotatable bonds is 4. The molecular formula is C15H17FN2O3. The number of halogens is 1. The summed E-state index contributed by atoms with van der Waals surface area (Å²) in [7, 11) is 0. The van der Waals surface area contributed by atoms with Crippen molar-refractivity contribution in [1.82, 2.24) is 4.90 Å². The van der Waals surface area contributed by atoms with Crippen LogP contribution in [-0.4, -0.2) is 41.8 Å². The van der Waals surface area contributed by atoms with Crippen molar-refractivity contribution in [3.63, 3.8) is 0 Å². The lowest BCUT2D eigenvalue weighted by molar-refractivity contribution is 0.166. The molecule has 1 aromatic carbocycles. The Balaban J connectivity index is 2.12. The second-order valence-corrected chi connectivity index (χ2v) is 4.74. The van der Waals surface area contributed by atoms with Crippen molar-refractivity contribution in [2.24, 2.45) is 0 Å². The largest absolute Gasteiger partial charge is 0.479 e. The zero-order valence-electron chi connectivity index (χ0n) is 11.5. The predicted molar refractivity (Wildman–Crippen MR) is 76.6 cm³/mol. The summed E-state index contributed by atoms with van der Waals surface area (Å²) in [5.74, 6) is 2.13. The van der Waals surface area contributed by atoms with Gasteiger partial charge in [0.1, 0.15) is 18.2 Å². The average molecular weight is 292 g/mol. The number of nitrogens with zero attached hydrogens (tertiary/aromatic N) is 1. The summed E-state index contributed by atoms with van der Waals surface area (Å²) in [6.07, 6.45) is 6.71. The summed E-state index contributed by atoms with van der Waals surface area (Å²) in [5.41, 5.74) is 0.221. The van der Waals surface area contributed by atoms with E-state index in [2.05, 4.69) is 11.2 Å². The van der Waals surface area contributed by atoms with Crippen LogP contribution in [-0.2, 0) is 0 Å². The van der Waals surface area contributed by atoms with Crippen molar-refractivity contribution in [2.45, 2.75) is 18.9 Å². The highest BCUT2D eigenvalue weighted by atomic mass is 19.1. The van der Waals surface area contributed by atoms with Crippen LogP contribution < -0.4 is 10.1 Å². The smallest absolute Gasteiger partial charge is 0.322 e. The van der Waals surface area contributed by atoms with Crippen LogP contribution in [0.3, 0.4) is 0 Å². The Morgan fingerprint density at radius 3 is 3.14 bits per heavy atom. The van der Waals surface area contributed by atoms with E-state index < -0.39 is 5.82 Å². The maximum absolute atomic E-state index is 13.3. The summed E-state index contributed by atoms with van der Waals surface area (Å²) in [5, 5.41) is 11.8. The molecular weight excluding hydrogens is 275 g/mol. The lowest BCUT2D eigenvalue weighted by Gasteiger charge is -2.23. The zero-order chi connectivity index (χ0) is 15.2. The van der Waals surface area contributed by atoms with Gasteiger partial charge in [0.05, 0.1) is 18.3 Å². The summed E-state index contributed by atoms with van der Waals surface area (Å²) in [6, 6.07) is 3.23. The van der Waals surface area contributed by atoms with Gasteiger partial charge in [0.15, 0.2) is 0 Å². The average Bonchev–Trinajstić information content (AvgIpc) is 2.95. The number of hydrogen-bond donors (Lipinski definition) is 2. The Kier molecular flexibility index (Phi) is 5.01. The molecule has 1 aliphatic heterocycles. The number of carbonyl (C=O) groups excluding carboxylic acids is 1. The third-order valence-corrected chi connectivity index (χ3v) is 3.34. The first kappa shape index (κ1) is 15.1. The fraction of sp³-hybridized carbons (Fsp3) is 0.400. The number of amides is 2. The van der Waals surface area contributed by atoms with E-state index in [1.54, 1.807) is 0 Å². The number of aliphatic hydroxyl groups excluding tert-OH is 1. The Hall–Kier alpha value is -2.26. The van der Waals surface area contributed by atoms with Gasteiger partial charge in [0.25, 0.3) is 0 Å². The maximum atomic E-state index is 13.3. The second-order valence-electron chi connectivity index (χ2n) is 4.74. The van der Waals surface area contributed by atoms with Crippen LogP contribution in [0.4, 0.5) is 14.9 Å². The van der Waals surface area contributed by atoms with Gasteiger partial charge in [-0.1, -0.05) is 5.92 Å². The molecule has 1 fully saturated rings. The van der Waals surface area contributed by atoms with Gasteiger partial charge in [-0.3, -0.25) is 0 Å². The molecule has 2 rings (SSSR count). The van der Waals surface area contributed by atoms with E-state index in [0.717, 1.165) is 12.8 Å². The van der Waals surface area contributed by atoms with Gasteiger partial charge in [-0.15, -0.1) is 6.42 Å².